The van der Waals surface area contributed by atoms with Gasteiger partial charge in [-0.1, -0.05) is 12.1 Å². The van der Waals surface area contributed by atoms with Crippen molar-refractivity contribution in [2.45, 2.75) is 19.5 Å². The molecule has 0 radical (unpaired) electrons. The minimum atomic E-state index is -0.171. The first-order chi connectivity index (χ1) is 14.6. The molecule has 3 aromatic heterocycles. The van der Waals surface area contributed by atoms with Crippen LogP contribution < -0.4 is 16.7 Å². The van der Waals surface area contributed by atoms with Gasteiger partial charge in [-0.2, -0.15) is 0 Å². The van der Waals surface area contributed by atoms with E-state index in [-0.39, 0.29) is 16.9 Å². The van der Waals surface area contributed by atoms with Crippen LogP contribution in [0.5, 0.6) is 0 Å². The highest BCUT2D eigenvalue weighted by Crippen LogP contribution is 2.22. The summed E-state index contributed by atoms with van der Waals surface area (Å²) in [6.07, 6.45) is 3.93. The highest BCUT2D eigenvalue weighted by Gasteiger charge is 2.24. The molecule has 0 unspecified atom stereocenters. The van der Waals surface area contributed by atoms with Crippen LogP contribution in [0.15, 0.2) is 62.8 Å². The van der Waals surface area contributed by atoms with Gasteiger partial charge in [0.2, 0.25) is 0 Å². The highest BCUT2D eigenvalue weighted by molar-refractivity contribution is 5.78. The Hall–Kier alpha value is -3.78. The second-order valence-corrected chi connectivity index (χ2v) is 7.31. The quantitative estimate of drug-likeness (QED) is 0.539. The average Bonchev–Trinajstić information content (AvgIpc) is 2.77. The SMILES string of the molecule is Nc1oc2ccccc2c(=O)c1CN1CCc2nc(-c3ccncc3)[nH]c(=O)c2C1. The van der Waals surface area contributed by atoms with Crippen molar-refractivity contribution in [1.82, 2.24) is 19.9 Å². The van der Waals surface area contributed by atoms with Crippen LogP contribution in [0.3, 0.4) is 0 Å². The summed E-state index contributed by atoms with van der Waals surface area (Å²) in [6, 6.07) is 10.7. The number of nitrogens with one attached hydrogen (secondary N) is 1. The first-order valence-electron chi connectivity index (χ1n) is 9.65. The number of pyridine rings is 1. The van der Waals surface area contributed by atoms with E-state index in [1.807, 2.05) is 17.0 Å². The lowest BCUT2D eigenvalue weighted by Crippen LogP contribution is -2.36. The molecule has 30 heavy (non-hydrogen) atoms. The molecule has 0 spiro atoms. The third-order valence-electron chi connectivity index (χ3n) is 5.41. The van der Waals surface area contributed by atoms with Gasteiger partial charge in [0, 0.05) is 44.0 Å². The number of nitrogens with two attached hydrogens (primary N) is 1. The lowest BCUT2D eigenvalue weighted by Gasteiger charge is -2.27. The first kappa shape index (κ1) is 18.3. The third-order valence-corrected chi connectivity index (χ3v) is 5.41. The summed E-state index contributed by atoms with van der Waals surface area (Å²) >= 11 is 0. The van der Waals surface area contributed by atoms with Gasteiger partial charge in [-0.25, -0.2) is 4.98 Å². The second kappa shape index (κ2) is 7.23. The number of benzene rings is 1. The van der Waals surface area contributed by atoms with Crippen LogP contribution in [-0.2, 0) is 19.5 Å². The Bertz CT molecular complexity index is 1360. The molecule has 1 aliphatic rings. The molecule has 3 N–H and O–H groups in total. The Morgan fingerprint density at radius 2 is 1.93 bits per heavy atom. The van der Waals surface area contributed by atoms with E-state index in [1.165, 1.54) is 0 Å². The molecule has 0 saturated carbocycles. The van der Waals surface area contributed by atoms with Crippen molar-refractivity contribution in [2.24, 2.45) is 0 Å². The number of fused-ring (bicyclic) bond motifs is 2. The zero-order chi connectivity index (χ0) is 20.7. The van der Waals surface area contributed by atoms with Crippen LogP contribution in [0.25, 0.3) is 22.4 Å². The summed E-state index contributed by atoms with van der Waals surface area (Å²) in [6.45, 7) is 1.36. The van der Waals surface area contributed by atoms with Crippen LogP contribution in [0.2, 0.25) is 0 Å². The number of aromatic nitrogens is 3. The van der Waals surface area contributed by atoms with E-state index < -0.39 is 0 Å². The maximum Gasteiger partial charge on any atom is 0.255 e. The summed E-state index contributed by atoms with van der Waals surface area (Å²) in [7, 11) is 0. The molecule has 1 aromatic carbocycles. The predicted molar refractivity (Wildman–Crippen MR) is 113 cm³/mol. The van der Waals surface area contributed by atoms with Gasteiger partial charge in [0.1, 0.15) is 11.4 Å². The third kappa shape index (κ3) is 3.17. The largest absolute Gasteiger partial charge is 0.440 e. The molecule has 8 heteroatoms. The Balaban J connectivity index is 1.45. The predicted octanol–water partition coefficient (Wildman–Crippen LogP) is 2.08. The van der Waals surface area contributed by atoms with E-state index in [4.69, 9.17) is 10.2 Å². The number of hydrogen-bond donors (Lipinski definition) is 2. The number of nitrogen functional groups attached to an aromatic ring is 1. The van der Waals surface area contributed by atoms with Gasteiger partial charge in [0.05, 0.1) is 22.2 Å². The molecule has 0 aliphatic carbocycles. The summed E-state index contributed by atoms with van der Waals surface area (Å²) in [5.74, 6) is 0.651. The van der Waals surface area contributed by atoms with Gasteiger partial charge in [-0.15, -0.1) is 0 Å². The summed E-state index contributed by atoms with van der Waals surface area (Å²) < 4.78 is 5.64. The summed E-state index contributed by atoms with van der Waals surface area (Å²) in [5.41, 5.74) is 8.81. The summed E-state index contributed by atoms with van der Waals surface area (Å²) in [5, 5.41) is 0.501. The molecule has 1 aliphatic heterocycles. The fraction of sp³-hybridized carbons (Fsp3) is 0.182. The average molecular weight is 401 g/mol. The molecule has 0 saturated heterocycles. The van der Waals surface area contributed by atoms with E-state index in [9.17, 15) is 9.59 Å². The molecule has 4 aromatic rings. The topological polar surface area (TPSA) is 118 Å². The number of H-pyrrole nitrogens is 1. The lowest BCUT2D eigenvalue weighted by molar-refractivity contribution is 0.240. The van der Waals surface area contributed by atoms with E-state index in [2.05, 4.69) is 15.0 Å². The van der Waals surface area contributed by atoms with Gasteiger partial charge in [0.15, 0.2) is 11.3 Å². The van der Waals surface area contributed by atoms with Crippen LogP contribution in [-0.4, -0.2) is 26.4 Å². The van der Waals surface area contributed by atoms with Crippen LogP contribution in [0, 0.1) is 0 Å². The molecule has 150 valence electrons. The van der Waals surface area contributed by atoms with E-state index in [0.717, 1.165) is 11.3 Å². The number of rotatable bonds is 3. The Kier molecular flexibility index (Phi) is 4.40. The molecular formula is C22H19N5O3. The first-order valence-corrected chi connectivity index (χ1v) is 9.65. The van der Waals surface area contributed by atoms with Crippen LogP contribution >= 0.6 is 0 Å². The van der Waals surface area contributed by atoms with Crippen molar-refractivity contribution in [1.29, 1.82) is 0 Å². The van der Waals surface area contributed by atoms with Gasteiger partial charge in [-0.05, 0) is 24.3 Å². The molecule has 4 heterocycles. The van der Waals surface area contributed by atoms with Gasteiger partial charge in [0.25, 0.3) is 5.56 Å². The molecule has 0 bridgehead atoms. The fourth-order valence-corrected chi connectivity index (χ4v) is 3.83. The lowest BCUT2D eigenvalue weighted by atomic mass is 10.0. The van der Waals surface area contributed by atoms with Crippen molar-refractivity contribution in [3.05, 3.63) is 86.2 Å². The molecule has 0 fully saturated rings. The number of anilines is 1. The standard InChI is InChI=1S/C22H19N5O3/c23-20-16(19(28)14-3-1-2-4-18(14)30-20)12-27-10-7-17-15(11-27)22(29)26-21(25-17)13-5-8-24-9-6-13/h1-6,8-9H,7,10-12,23H2,(H,25,26,29). The Morgan fingerprint density at radius 1 is 1.13 bits per heavy atom. The van der Waals surface area contributed by atoms with Crippen LogP contribution in [0.1, 0.15) is 16.8 Å². The molecule has 5 rings (SSSR count). The molecular weight excluding hydrogens is 382 g/mol. The number of para-hydroxylation sites is 1. The molecule has 8 nitrogen and oxygen atoms in total. The fourth-order valence-electron chi connectivity index (χ4n) is 3.83. The van der Waals surface area contributed by atoms with Crippen molar-refractivity contribution >= 4 is 16.9 Å². The van der Waals surface area contributed by atoms with E-state index in [0.29, 0.717) is 54.0 Å². The van der Waals surface area contributed by atoms with E-state index >= 15 is 0 Å². The molecule has 0 atom stereocenters. The zero-order valence-corrected chi connectivity index (χ0v) is 16.1. The zero-order valence-electron chi connectivity index (χ0n) is 16.1. The van der Waals surface area contributed by atoms with Gasteiger partial charge < -0.3 is 15.1 Å². The van der Waals surface area contributed by atoms with Crippen LogP contribution in [0.4, 0.5) is 5.88 Å². The highest BCUT2D eigenvalue weighted by atomic mass is 16.3. The minimum absolute atomic E-state index is 0.115. The summed E-state index contributed by atoms with van der Waals surface area (Å²) in [4.78, 5) is 39.1. The van der Waals surface area contributed by atoms with Crippen molar-refractivity contribution in [3.63, 3.8) is 0 Å². The number of nitrogens with zero attached hydrogens (tertiary/aromatic N) is 3. The normalized spacial score (nSPS) is 14.0. The maximum atomic E-state index is 12.9. The van der Waals surface area contributed by atoms with Crippen molar-refractivity contribution in [2.75, 3.05) is 12.3 Å². The van der Waals surface area contributed by atoms with Crippen molar-refractivity contribution < 1.29 is 4.42 Å². The number of hydrogen-bond acceptors (Lipinski definition) is 7. The van der Waals surface area contributed by atoms with Gasteiger partial charge in [-0.3, -0.25) is 19.5 Å². The maximum absolute atomic E-state index is 12.9. The Morgan fingerprint density at radius 3 is 2.77 bits per heavy atom. The number of aromatic amines is 1. The monoisotopic (exact) mass is 401 g/mol. The van der Waals surface area contributed by atoms with Crippen molar-refractivity contribution in [3.8, 4) is 11.4 Å². The molecule has 0 amide bonds. The minimum Gasteiger partial charge on any atom is -0.440 e. The Labute approximate surface area is 171 Å². The van der Waals surface area contributed by atoms with E-state index in [1.54, 1.807) is 36.7 Å². The second-order valence-electron chi connectivity index (χ2n) is 7.31. The van der Waals surface area contributed by atoms with Gasteiger partial charge >= 0.3 is 0 Å². The smallest absolute Gasteiger partial charge is 0.255 e.